The van der Waals surface area contributed by atoms with Crippen molar-refractivity contribution in [1.82, 2.24) is 9.88 Å². The number of aromatic nitrogens is 1. The summed E-state index contributed by atoms with van der Waals surface area (Å²) in [5, 5.41) is 0. The quantitative estimate of drug-likeness (QED) is 0.874. The lowest BCUT2D eigenvalue weighted by Gasteiger charge is -2.26. The van der Waals surface area contributed by atoms with Crippen molar-refractivity contribution in [3.8, 4) is 5.88 Å². The lowest BCUT2D eigenvalue weighted by molar-refractivity contribution is 0.0772. The topological polar surface area (TPSA) is 42.4 Å². The average molecular weight is 312 g/mol. The number of nitrogens with zero attached hydrogens (tertiary/aromatic N) is 2. The number of pyridine rings is 1. The van der Waals surface area contributed by atoms with E-state index in [9.17, 15) is 9.18 Å². The summed E-state index contributed by atoms with van der Waals surface area (Å²) in [5.74, 6) is 0.0183. The highest BCUT2D eigenvalue weighted by Crippen LogP contribution is 2.23. The van der Waals surface area contributed by atoms with Crippen molar-refractivity contribution in [2.75, 3.05) is 20.2 Å². The van der Waals surface area contributed by atoms with Crippen LogP contribution in [-0.2, 0) is 0 Å². The van der Waals surface area contributed by atoms with Gasteiger partial charge in [-0.05, 0) is 36.3 Å². The van der Waals surface area contributed by atoms with Gasteiger partial charge in [0.25, 0.3) is 5.91 Å². The Morgan fingerprint density at radius 3 is 2.78 bits per heavy atom. The van der Waals surface area contributed by atoms with E-state index in [-0.39, 0.29) is 5.91 Å². The minimum atomic E-state index is -0.398. The molecule has 4 nitrogen and oxygen atoms in total. The zero-order chi connectivity index (χ0) is 16.2. The molecule has 0 radical (unpaired) electrons. The van der Waals surface area contributed by atoms with Crippen LogP contribution in [0.3, 0.4) is 0 Å². The van der Waals surface area contributed by atoms with Crippen molar-refractivity contribution in [2.45, 2.75) is 6.42 Å². The number of halogens is 1. The minimum Gasteiger partial charge on any atom is -0.481 e. The number of hydrogen-bond donors (Lipinski definition) is 0. The summed E-state index contributed by atoms with van der Waals surface area (Å²) in [6.07, 6.45) is 2.70. The summed E-state index contributed by atoms with van der Waals surface area (Å²) in [5.41, 5.74) is 2.33. The lowest BCUT2D eigenvalue weighted by Crippen LogP contribution is -2.34. The Bertz CT molecular complexity index is 758. The van der Waals surface area contributed by atoms with Crippen LogP contribution in [0.4, 0.5) is 4.39 Å². The normalized spacial score (nSPS) is 14.3. The molecule has 1 amide bonds. The van der Waals surface area contributed by atoms with Gasteiger partial charge in [-0.15, -0.1) is 0 Å². The molecule has 0 fully saturated rings. The van der Waals surface area contributed by atoms with Crippen LogP contribution in [0.5, 0.6) is 5.88 Å². The first kappa shape index (κ1) is 15.2. The van der Waals surface area contributed by atoms with Crippen LogP contribution in [0.25, 0.3) is 5.57 Å². The Morgan fingerprint density at radius 2 is 2.09 bits per heavy atom. The molecule has 0 saturated carbocycles. The number of benzene rings is 1. The molecule has 1 aromatic carbocycles. The fourth-order valence-corrected chi connectivity index (χ4v) is 2.60. The van der Waals surface area contributed by atoms with Gasteiger partial charge in [0.15, 0.2) is 0 Å². The second-order valence-corrected chi connectivity index (χ2v) is 5.31. The molecule has 1 aliphatic heterocycles. The SMILES string of the molecule is COc1cccc(C2=CCN(C(=O)c3cccc(F)c3)CC2)n1. The van der Waals surface area contributed by atoms with Crippen LogP contribution in [0.15, 0.2) is 48.5 Å². The molecule has 2 heterocycles. The van der Waals surface area contributed by atoms with Gasteiger partial charge in [0, 0.05) is 24.7 Å². The van der Waals surface area contributed by atoms with Crippen molar-refractivity contribution in [2.24, 2.45) is 0 Å². The Balaban J connectivity index is 1.74. The molecule has 0 unspecified atom stereocenters. The van der Waals surface area contributed by atoms with Crippen LogP contribution < -0.4 is 4.74 Å². The number of ether oxygens (including phenoxy) is 1. The monoisotopic (exact) mass is 312 g/mol. The van der Waals surface area contributed by atoms with Gasteiger partial charge < -0.3 is 9.64 Å². The minimum absolute atomic E-state index is 0.154. The molecule has 0 aliphatic carbocycles. The summed E-state index contributed by atoms with van der Waals surface area (Å²) >= 11 is 0. The number of rotatable bonds is 3. The van der Waals surface area contributed by atoms with Crippen molar-refractivity contribution >= 4 is 11.5 Å². The third-order valence-electron chi connectivity index (χ3n) is 3.83. The molecule has 0 N–H and O–H groups in total. The first-order valence-electron chi connectivity index (χ1n) is 7.42. The van der Waals surface area contributed by atoms with Gasteiger partial charge in [-0.3, -0.25) is 4.79 Å². The van der Waals surface area contributed by atoms with E-state index < -0.39 is 5.82 Å². The molecule has 3 rings (SSSR count). The molecule has 1 aromatic heterocycles. The zero-order valence-corrected chi connectivity index (χ0v) is 12.8. The van der Waals surface area contributed by atoms with Crippen LogP contribution in [0.1, 0.15) is 22.5 Å². The van der Waals surface area contributed by atoms with Gasteiger partial charge in [0.2, 0.25) is 5.88 Å². The lowest BCUT2D eigenvalue weighted by atomic mass is 10.0. The van der Waals surface area contributed by atoms with Crippen molar-refractivity contribution < 1.29 is 13.9 Å². The second-order valence-electron chi connectivity index (χ2n) is 5.31. The van der Waals surface area contributed by atoms with E-state index in [0.717, 1.165) is 11.3 Å². The average Bonchev–Trinajstić information content (AvgIpc) is 2.61. The largest absolute Gasteiger partial charge is 0.481 e. The summed E-state index contributed by atoms with van der Waals surface area (Å²) in [6.45, 7) is 1.07. The number of amides is 1. The molecular formula is C18H17FN2O2. The van der Waals surface area contributed by atoms with Crippen LogP contribution >= 0.6 is 0 Å². The summed E-state index contributed by atoms with van der Waals surface area (Å²) in [7, 11) is 1.58. The summed E-state index contributed by atoms with van der Waals surface area (Å²) in [4.78, 5) is 18.5. The number of hydrogen-bond acceptors (Lipinski definition) is 3. The van der Waals surface area contributed by atoms with E-state index >= 15 is 0 Å². The smallest absolute Gasteiger partial charge is 0.254 e. The predicted octanol–water partition coefficient (Wildman–Crippen LogP) is 3.16. The molecule has 0 spiro atoms. The Labute approximate surface area is 134 Å². The van der Waals surface area contributed by atoms with E-state index in [1.165, 1.54) is 12.1 Å². The molecule has 0 saturated heterocycles. The molecule has 5 heteroatoms. The highest BCUT2D eigenvalue weighted by atomic mass is 19.1. The summed E-state index contributed by atoms with van der Waals surface area (Å²) in [6, 6.07) is 11.4. The van der Waals surface area contributed by atoms with Gasteiger partial charge in [0.05, 0.1) is 12.8 Å². The van der Waals surface area contributed by atoms with Gasteiger partial charge in [-0.1, -0.05) is 18.2 Å². The highest BCUT2D eigenvalue weighted by Gasteiger charge is 2.20. The third kappa shape index (κ3) is 3.39. The maximum Gasteiger partial charge on any atom is 0.254 e. The maximum absolute atomic E-state index is 13.2. The zero-order valence-electron chi connectivity index (χ0n) is 12.8. The fraction of sp³-hybridized carbons (Fsp3) is 0.222. The highest BCUT2D eigenvalue weighted by molar-refractivity contribution is 5.94. The van der Waals surface area contributed by atoms with Gasteiger partial charge in [0.1, 0.15) is 5.82 Å². The van der Waals surface area contributed by atoms with E-state index in [4.69, 9.17) is 4.74 Å². The molecular weight excluding hydrogens is 295 g/mol. The van der Waals surface area contributed by atoms with Gasteiger partial charge >= 0.3 is 0 Å². The predicted molar refractivity (Wildman–Crippen MR) is 85.7 cm³/mol. The van der Waals surface area contributed by atoms with Gasteiger partial charge in [-0.2, -0.15) is 0 Å². The molecule has 0 atom stereocenters. The number of carbonyl (C=O) groups excluding carboxylic acids is 1. The first-order valence-corrected chi connectivity index (χ1v) is 7.42. The first-order chi connectivity index (χ1) is 11.2. The standard InChI is InChI=1S/C18H17FN2O2/c1-23-17-7-3-6-16(20-17)13-8-10-21(11-9-13)18(22)14-4-2-5-15(19)12-14/h2-8,12H,9-11H2,1H3. The van der Waals surface area contributed by atoms with Crippen LogP contribution in [0.2, 0.25) is 0 Å². The van der Waals surface area contributed by atoms with Crippen molar-refractivity contribution in [3.63, 3.8) is 0 Å². The molecule has 23 heavy (non-hydrogen) atoms. The molecule has 2 aromatic rings. The summed E-state index contributed by atoms with van der Waals surface area (Å²) < 4.78 is 18.4. The van der Waals surface area contributed by atoms with E-state index in [0.29, 0.717) is 31.0 Å². The van der Waals surface area contributed by atoms with Crippen LogP contribution in [0, 0.1) is 5.82 Å². The van der Waals surface area contributed by atoms with Crippen molar-refractivity contribution in [3.05, 3.63) is 65.6 Å². The molecule has 118 valence electrons. The van der Waals surface area contributed by atoms with Crippen molar-refractivity contribution in [1.29, 1.82) is 0 Å². The Morgan fingerprint density at radius 1 is 1.26 bits per heavy atom. The van der Waals surface area contributed by atoms with Gasteiger partial charge in [-0.25, -0.2) is 9.37 Å². The van der Waals surface area contributed by atoms with E-state index in [2.05, 4.69) is 4.98 Å². The number of methoxy groups -OCH3 is 1. The Kier molecular flexibility index (Phi) is 4.37. The van der Waals surface area contributed by atoms with E-state index in [1.54, 1.807) is 30.2 Å². The third-order valence-corrected chi connectivity index (χ3v) is 3.83. The van der Waals surface area contributed by atoms with Crippen LogP contribution in [-0.4, -0.2) is 36.0 Å². The van der Waals surface area contributed by atoms with E-state index in [1.807, 2.05) is 18.2 Å². The maximum atomic E-state index is 13.2. The number of carbonyl (C=O) groups is 1. The Hall–Kier alpha value is -2.69. The second kappa shape index (κ2) is 6.60. The molecule has 0 bridgehead atoms. The fourth-order valence-electron chi connectivity index (χ4n) is 2.60. The molecule has 1 aliphatic rings.